The van der Waals surface area contributed by atoms with Crippen LogP contribution in [-0.4, -0.2) is 54.4 Å². The molecule has 1 aliphatic heterocycles. The maximum Gasteiger partial charge on any atom is 0.254 e. The molecule has 2 heterocycles. The Hall–Kier alpha value is -3.09. The summed E-state index contributed by atoms with van der Waals surface area (Å²) in [5.74, 6) is 0.597. The molecule has 2 amide bonds. The van der Waals surface area contributed by atoms with Crippen LogP contribution in [0.4, 0.5) is 5.82 Å². The zero-order valence-corrected chi connectivity index (χ0v) is 20.9. The van der Waals surface area contributed by atoms with Gasteiger partial charge in [-0.25, -0.2) is 4.98 Å². The first kappa shape index (κ1) is 25.0. The minimum Gasteiger partial charge on any atom is -0.353 e. The van der Waals surface area contributed by atoms with Gasteiger partial charge in [-0.3, -0.25) is 9.59 Å². The van der Waals surface area contributed by atoms with Gasteiger partial charge in [0.1, 0.15) is 5.82 Å². The predicted octanol–water partition coefficient (Wildman–Crippen LogP) is 5.10. The fourth-order valence-electron chi connectivity index (χ4n) is 4.11. The maximum atomic E-state index is 12.8. The summed E-state index contributed by atoms with van der Waals surface area (Å²) >= 11 is 12.1. The maximum absolute atomic E-state index is 12.8. The third-order valence-corrected chi connectivity index (χ3v) is 6.47. The lowest BCUT2D eigenvalue weighted by Gasteiger charge is -2.35. The Morgan fingerprint density at radius 1 is 0.857 bits per heavy atom. The highest BCUT2D eigenvalue weighted by molar-refractivity contribution is 6.35. The first-order valence-corrected chi connectivity index (χ1v) is 12.5. The molecular formula is C27H28Cl2N4O2. The number of halogens is 2. The molecule has 1 aromatic heterocycles. The number of carbonyl (C=O) groups excluding carboxylic acids is 2. The molecule has 1 N–H and O–H groups in total. The number of nitrogens with zero attached hydrogens (tertiary/aromatic N) is 3. The van der Waals surface area contributed by atoms with Crippen molar-refractivity contribution >= 4 is 40.8 Å². The molecule has 0 unspecified atom stereocenters. The van der Waals surface area contributed by atoms with Crippen LogP contribution in [0, 0.1) is 0 Å². The van der Waals surface area contributed by atoms with E-state index in [1.807, 2.05) is 24.3 Å². The van der Waals surface area contributed by atoms with Gasteiger partial charge in [0, 0.05) is 54.5 Å². The molecule has 8 heteroatoms. The number of hydrogen-bond acceptors (Lipinski definition) is 4. The molecule has 0 atom stereocenters. The molecule has 35 heavy (non-hydrogen) atoms. The topological polar surface area (TPSA) is 65.5 Å². The lowest BCUT2D eigenvalue weighted by atomic mass is 10.1. The number of amides is 2. The third kappa shape index (κ3) is 6.96. The van der Waals surface area contributed by atoms with Crippen molar-refractivity contribution in [1.29, 1.82) is 0 Å². The van der Waals surface area contributed by atoms with E-state index in [1.54, 1.807) is 35.4 Å². The van der Waals surface area contributed by atoms with Crippen molar-refractivity contribution < 1.29 is 9.59 Å². The highest BCUT2D eigenvalue weighted by Crippen LogP contribution is 2.21. The SMILES string of the molecule is O=C(NCCCCc1ccccc1)c1ccc(N2CCN(C(=O)c3cc(Cl)cc(Cl)c3)CC2)nc1. The minimum atomic E-state index is -0.112. The molecule has 4 rings (SSSR count). The summed E-state index contributed by atoms with van der Waals surface area (Å²) < 4.78 is 0. The van der Waals surface area contributed by atoms with Gasteiger partial charge in [0.15, 0.2) is 0 Å². The normalized spacial score (nSPS) is 13.5. The van der Waals surface area contributed by atoms with Gasteiger partial charge in [-0.05, 0) is 55.2 Å². The monoisotopic (exact) mass is 510 g/mol. The van der Waals surface area contributed by atoms with Gasteiger partial charge in [-0.1, -0.05) is 53.5 Å². The van der Waals surface area contributed by atoms with Crippen LogP contribution in [0.25, 0.3) is 0 Å². The van der Waals surface area contributed by atoms with Gasteiger partial charge >= 0.3 is 0 Å². The van der Waals surface area contributed by atoms with Crippen LogP contribution in [0.5, 0.6) is 0 Å². The molecule has 0 spiro atoms. The Bertz CT molecular complexity index is 1130. The van der Waals surface area contributed by atoms with Crippen molar-refractivity contribution in [3.63, 3.8) is 0 Å². The Morgan fingerprint density at radius 3 is 2.23 bits per heavy atom. The van der Waals surface area contributed by atoms with Gasteiger partial charge in [0.25, 0.3) is 11.8 Å². The summed E-state index contributed by atoms with van der Waals surface area (Å²) in [6, 6.07) is 18.9. The Balaban J connectivity index is 1.21. The second kappa shape index (κ2) is 12.0. The number of aryl methyl sites for hydroxylation is 1. The number of hydrogen-bond donors (Lipinski definition) is 1. The summed E-state index contributed by atoms with van der Waals surface area (Å²) in [5.41, 5.74) is 2.35. The Morgan fingerprint density at radius 2 is 1.57 bits per heavy atom. The average Bonchev–Trinajstić information content (AvgIpc) is 2.88. The number of piperazine rings is 1. The van der Waals surface area contributed by atoms with Crippen molar-refractivity contribution in [2.24, 2.45) is 0 Å². The third-order valence-electron chi connectivity index (χ3n) is 6.03. The van der Waals surface area contributed by atoms with Crippen LogP contribution >= 0.6 is 23.2 Å². The van der Waals surface area contributed by atoms with Crippen LogP contribution < -0.4 is 10.2 Å². The summed E-state index contributed by atoms with van der Waals surface area (Å²) in [7, 11) is 0. The molecule has 1 saturated heterocycles. The van der Waals surface area contributed by atoms with Crippen molar-refractivity contribution in [3.8, 4) is 0 Å². The van der Waals surface area contributed by atoms with Crippen molar-refractivity contribution in [2.45, 2.75) is 19.3 Å². The van der Waals surface area contributed by atoms with Gasteiger partial charge in [-0.15, -0.1) is 0 Å². The van der Waals surface area contributed by atoms with Crippen molar-refractivity contribution in [3.05, 3.63) is 93.6 Å². The van der Waals surface area contributed by atoms with E-state index in [1.165, 1.54) is 5.56 Å². The van der Waals surface area contributed by atoms with Crippen LogP contribution in [-0.2, 0) is 6.42 Å². The van der Waals surface area contributed by atoms with Crippen LogP contribution in [0.1, 0.15) is 39.1 Å². The molecule has 0 radical (unpaired) electrons. The first-order valence-electron chi connectivity index (χ1n) is 11.8. The molecule has 182 valence electrons. The van der Waals surface area contributed by atoms with Crippen LogP contribution in [0.3, 0.4) is 0 Å². The van der Waals surface area contributed by atoms with E-state index < -0.39 is 0 Å². The second-order valence-electron chi connectivity index (χ2n) is 8.54. The number of pyridine rings is 1. The molecule has 0 saturated carbocycles. The smallest absolute Gasteiger partial charge is 0.254 e. The van der Waals surface area contributed by atoms with E-state index in [0.29, 0.717) is 53.9 Å². The zero-order chi connectivity index (χ0) is 24.6. The van der Waals surface area contributed by atoms with E-state index in [9.17, 15) is 9.59 Å². The predicted molar refractivity (Wildman–Crippen MR) is 141 cm³/mol. The Labute approximate surface area is 215 Å². The largest absolute Gasteiger partial charge is 0.353 e. The van der Waals surface area contributed by atoms with E-state index in [0.717, 1.165) is 25.1 Å². The first-order chi connectivity index (χ1) is 17.0. The number of aromatic nitrogens is 1. The van der Waals surface area contributed by atoms with E-state index >= 15 is 0 Å². The Kier molecular flexibility index (Phi) is 8.61. The van der Waals surface area contributed by atoms with Gasteiger partial charge in [0.05, 0.1) is 5.56 Å². The molecule has 0 aliphatic carbocycles. The summed E-state index contributed by atoms with van der Waals surface area (Å²) in [6.07, 6.45) is 4.58. The molecule has 1 aliphatic rings. The zero-order valence-electron chi connectivity index (χ0n) is 19.4. The fourth-order valence-corrected chi connectivity index (χ4v) is 4.63. The van der Waals surface area contributed by atoms with Gasteiger partial charge in [0.2, 0.25) is 0 Å². The van der Waals surface area contributed by atoms with Crippen molar-refractivity contribution in [1.82, 2.24) is 15.2 Å². The quantitative estimate of drug-likeness (QED) is 0.428. The molecule has 0 bridgehead atoms. The van der Waals surface area contributed by atoms with Crippen LogP contribution in [0.15, 0.2) is 66.9 Å². The lowest BCUT2D eigenvalue weighted by Crippen LogP contribution is -2.49. The summed E-state index contributed by atoms with van der Waals surface area (Å²) in [4.78, 5) is 33.6. The molecule has 2 aromatic carbocycles. The highest BCUT2D eigenvalue weighted by atomic mass is 35.5. The van der Waals surface area contributed by atoms with E-state index in [4.69, 9.17) is 23.2 Å². The molecule has 6 nitrogen and oxygen atoms in total. The number of benzene rings is 2. The minimum absolute atomic E-state index is 0.0854. The number of carbonyl (C=O) groups is 2. The molecule has 3 aromatic rings. The second-order valence-corrected chi connectivity index (χ2v) is 9.41. The number of rotatable bonds is 8. The fraction of sp³-hybridized carbons (Fsp3) is 0.296. The highest BCUT2D eigenvalue weighted by Gasteiger charge is 2.23. The number of anilines is 1. The van der Waals surface area contributed by atoms with E-state index in [2.05, 4.69) is 27.3 Å². The molecule has 1 fully saturated rings. The summed E-state index contributed by atoms with van der Waals surface area (Å²) in [5, 5.41) is 3.86. The van der Waals surface area contributed by atoms with Gasteiger partial charge < -0.3 is 15.1 Å². The van der Waals surface area contributed by atoms with Crippen LogP contribution in [0.2, 0.25) is 10.0 Å². The summed E-state index contributed by atoms with van der Waals surface area (Å²) in [6.45, 7) is 3.08. The lowest BCUT2D eigenvalue weighted by molar-refractivity contribution is 0.0746. The van der Waals surface area contributed by atoms with E-state index in [-0.39, 0.29) is 11.8 Å². The number of nitrogens with one attached hydrogen (secondary N) is 1. The van der Waals surface area contributed by atoms with Gasteiger partial charge in [-0.2, -0.15) is 0 Å². The average molecular weight is 511 g/mol. The molecular weight excluding hydrogens is 483 g/mol. The number of unbranched alkanes of at least 4 members (excludes halogenated alkanes) is 1. The standard InChI is InChI=1S/C27H28Cl2N4O2/c28-23-16-22(17-24(29)18-23)27(35)33-14-12-32(13-15-33)25-10-9-21(19-31-25)26(34)30-11-5-4-8-20-6-2-1-3-7-20/h1-3,6-7,9-10,16-19H,4-5,8,11-15H2,(H,30,34). The van der Waals surface area contributed by atoms with Crippen molar-refractivity contribution in [2.75, 3.05) is 37.6 Å².